The maximum Gasteiger partial charge on any atom is 0.332 e. The van der Waals surface area contributed by atoms with Gasteiger partial charge in [-0.2, -0.15) is 5.10 Å². The molecule has 5 heteroatoms. The van der Waals surface area contributed by atoms with Crippen molar-refractivity contribution in [2.24, 2.45) is 10.8 Å². The van der Waals surface area contributed by atoms with E-state index in [1.165, 1.54) is 6.21 Å². The number of carbonyl (C=O) groups is 1. The van der Waals surface area contributed by atoms with Gasteiger partial charge in [0.1, 0.15) is 11.5 Å². The average Bonchev–Trinajstić information content (AvgIpc) is 2.40. The summed E-state index contributed by atoms with van der Waals surface area (Å²) in [7, 11) is 0. The van der Waals surface area contributed by atoms with E-state index in [1.807, 2.05) is 48.5 Å². The van der Waals surface area contributed by atoms with Gasteiger partial charge in [-0.1, -0.05) is 30.3 Å². The first-order chi connectivity index (χ1) is 9.24. The zero-order valence-electron chi connectivity index (χ0n) is 10.1. The maximum absolute atomic E-state index is 10.5. The lowest BCUT2D eigenvalue weighted by atomic mass is 10.2. The smallest absolute Gasteiger partial charge is 0.332 e. The third-order valence-electron chi connectivity index (χ3n) is 2.23. The lowest BCUT2D eigenvalue weighted by Gasteiger charge is -2.05. The highest BCUT2D eigenvalue weighted by atomic mass is 16.5. The van der Waals surface area contributed by atoms with Gasteiger partial charge in [0.05, 0.1) is 6.21 Å². The van der Waals surface area contributed by atoms with Gasteiger partial charge in [0.15, 0.2) is 0 Å². The first-order valence-electron chi connectivity index (χ1n) is 5.65. The zero-order chi connectivity index (χ0) is 13.5. The van der Waals surface area contributed by atoms with E-state index >= 15 is 0 Å². The van der Waals surface area contributed by atoms with Crippen LogP contribution in [-0.2, 0) is 0 Å². The molecule has 0 fully saturated rings. The van der Waals surface area contributed by atoms with E-state index in [0.29, 0.717) is 5.75 Å². The number of primary amides is 1. The summed E-state index contributed by atoms with van der Waals surface area (Å²) in [6, 6.07) is 16.1. The highest BCUT2D eigenvalue weighted by Gasteiger charge is 1.97. The molecule has 0 atom stereocenters. The summed E-state index contributed by atoms with van der Waals surface area (Å²) in [5.74, 6) is 1.45. The molecule has 5 nitrogen and oxygen atoms in total. The third kappa shape index (κ3) is 4.16. The van der Waals surface area contributed by atoms with Crippen LogP contribution < -0.4 is 15.9 Å². The molecule has 2 rings (SSSR count). The first-order valence-corrected chi connectivity index (χ1v) is 5.65. The number of para-hydroxylation sites is 1. The van der Waals surface area contributed by atoms with E-state index < -0.39 is 6.03 Å². The van der Waals surface area contributed by atoms with Crippen molar-refractivity contribution in [1.82, 2.24) is 5.43 Å². The quantitative estimate of drug-likeness (QED) is 0.650. The highest BCUT2D eigenvalue weighted by molar-refractivity contribution is 5.81. The molecule has 0 saturated carbocycles. The molecular weight excluding hydrogens is 242 g/mol. The minimum absolute atomic E-state index is 0.689. The van der Waals surface area contributed by atoms with Gasteiger partial charge in [-0.05, 0) is 29.8 Å². The standard InChI is InChI=1S/C14H13N3O2/c15-14(18)17-16-10-11-5-4-8-13(9-11)19-12-6-2-1-3-7-12/h1-10H,(H3,15,17,18)/b16-10-. The van der Waals surface area contributed by atoms with Gasteiger partial charge in [0, 0.05) is 0 Å². The van der Waals surface area contributed by atoms with Crippen LogP contribution in [0, 0.1) is 0 Å². The molecule has 2 aromatic rings. The highest BCUT2D eigenvalue weighted by Crippen LogP contribution is 2.21. The predicted octanol–water partition coefficient (Wildman–Crippen LogP) is 2.48. The van der Waals surface area contributed by atoms with Crippen LogP contribution in [0.1, 0.15) is 5.56 Å². The number of ether oxygens (including phenoxy) is 1. The fraction of sp³-hybridized carbons (Fsp3) is 0. The molecule has 0 unspecified atom stereocenters. The molecule has 0 aliphatic rings. The average molecular weight is 255 g/mol. The molecule has 2 aromatic carbocycles. The number of nitrogens with one attached hydrogen (secondary N) is 1. The Kier molecular flexibility index (Phi) is 4.12. The number of urea groups is 1. The molecule has 0 aliphatic carbocycles. The van der Waals surface area contributed by atoms with E-state index in [-0.39, 0.29) is 0 Å². The summed E-state index contributed by atoms with van der Waals surface area (Å²) in [4.78, 5) is 10.5. The van der Waals surface area contributed by atoms with Gasteiger partial charge in [-0.3, -0.25) is 0 Å². The Hall–Kier alpha value is -2.82. The third-order valence-corrected chi connectivity index (χ3v) is 2.23. The van der Waals surface area contributed by atoms with Crippen LogP contribution in [0.25, 0.3) is 0 Å². The molecule has 96 valence electrons. The van der Waals surface area contributed by atoms with Gasteiger partial charge < -0.3 is 10.5 Å². The molecule has 19 heavy (non-hydrogen) atoms. The van der Waals surface area contributed by atoms with Crippen LogP contribution in [-0.4, -0.2) is 12.2 Å². The summed E-state index contributed by atoms with van der Waals surface area (Å²) in [6.45, 7) is 0. The first kappa shape index (κ1) is 12.6. The van der Waals surface area contributed by atoms with Crippen molar-refractivity contribution < 1.29 is 9.53 Å². The number of hydrogen-bond acceptors (Lipinski definition) is 3. The van der Waals surface area contributed by atoms with Crippen LogP contribution in [0.3, 0.4) is 0 Å². The van der Waals surface area contributed by atoms with Gasteiger partial charge in [0.2, 0.25) is 0 Å². The molecule has 0 saturated heterocycles. The number of nitrogens with zero attached hydrogens (tertiary/aromatic N) is 1. The number of hydrogen-bond donors (Lipinski definition) is 2. The number of nitrogens with two attached hydrogens (primary N) is 1. The molecule has 0 heterocycles. The lowest BCUT2D eigenvalue weighted by molar-refractivity contribution is 0.249. The normalized spacial score (nSPS) is 10.3. The number of rotatable bonds is 4. The Labute approximate surface area is 110 Å². The second-order valence-corrected chi connectivity index (χ2v) is 3.72. The number of carbonyl (C=O) groups excluding carboxylic acids is 1. The Bertz CT molecular complexity index is 582. The molecule has 0 bridgehead atoms. The number of amides is 2. The Morgan fingerprint density at radius 2 is 1.84 bits per heavy atom. The fourth-order valence-electron chi connectivity index (χ4n) is 1.45. The van der Waals surface area contributed by atoms with Crippen molar-refractivity contribution in [2.75, 3.05) is 0 Å². The van der Waals surface area contributed by atoms with E-state index in [0.717, 1.165) is 11.3 Å². The Morgan fingerprint density at radius 3 is 2.58 bits per heavy atom. The van der Waals surface area contributed by atoms with Crippen molar-refractivity contribution in [3.63, 3.8) is 0 Å². The Balaban J connectivity index is 2.07. The summed E-state index contributed by atoms with van der Waals surface area (Å²) in [5.41, 5.74) is 7.82. The van der Waals surface area contributed by atoms with Crippen LogP contribution >= 0.6 is 0 Å². The van der Waals surface area contributed by atoms with Crippen molar-refractivity contribution in [3.8, 4) is 11.5 Å². The topological polar surface area (TPSA) is 76.7 Å². The van der Waals surface area contributed by atoms with Crippen LogP contribution in [0.4, 0.5) is 4.79 Å². The number of hydrazone groups is 1. The van der Waals surface area contributed by atoms with Crippen molar-refractivity contribution in [2.45, 2.75) is 0 Å². The fourth-order valence-corrected chi connectivity index (χ4v) is 1.45. The molecule has 0 aliphatic heterocycles. The summed E-state index contributed by atoms with van der Waals surface area (Å²) in [6.07, 6.45) is 1.49. The predicted molar refractivity (Wildman–Crippen MR) is 73.3 cm³/mol. The van der Waals surface area contributed by atoms with Crippen molar-refractivity contribution in [3.05, 3.63) is 60.2 Å². The SMILES string of the molecule is NC(=O)N/N=C\c1cccc(Oc2ccccc2)c1. The summed E-state index contributed by atoms with van der Waals surface area (Å²) < 4.78 is 5.67. The minimum Gasteiger partial charge on any atom is -0.457 e. The second kappa shape index (κ2) is 6.20. The molecular formula is C14H13N3O2. The second-order valence-electron chi connectivity index (χ2n) is 3.72. The van der Waals surface area contributed by atoms with Crippen LogP contribution in [0.15, 0.2) is 59.7 Å². The zero-order valence-corrected chi connectivity index (χ0v) is 10.1. The number of benzene rings is 2. The van der Waals surface area contributed by atoms with Gasteiger partial charge in [0.25, 0.3) is 0 Å². The minimum atomic E-state index is -0.701. The van der Waals surface area contributed by atoms with Crippen LogP contribution in [0.2, 0.25) is 0 Å². The molecule has 2 amide bonds. The summed E-state index contributed by atoms with van der Waals surface area (Å²) >= 11 is 0. The van der Waals surface area contributed by atoms with Crippen LogP contribution in [0.5, 0.6) is 11.5 Å². The van der Waals surface area contributed by atoms with E-state index in [4.69, 9.17) is 10.5 Å². The van der Waals surface area contributed by atoms with E-state index in [1.54, 1.807) is 6.07 Å². The van der Waals surface area contributed by atoms with E-state index in [9.17, 15) is 4.79 Å². The molecule has 0 radical (unpaired) electrons. The largest absolute Gasteiger partial charge is 0.457 e. The van der Waals surface area contributed by atoms with Crippen molar-refractivity contribution >= 4 is 12.2 Å². The summed E-state index contributed by atoms with van der Waals surface area (Å²) in [5, 5.41) is 3.68. The maximum atomic E-state index is 10.5. The van der Waals surface area contributed by atoms with Gasteiger partial charge >= 0.3 is 6.03 Å². The van der Waals surface area contributed by atoms with E-state index in [2.05, 4.69) is 10.5 Å². The monoisotopic (exact) mass is 255 g/mol. The molecule has 0 aromatic heterocycles. The molecule has 3 N–H and O–H groups in total. The molecule has 0 spiro atoms. The van der Waals surface area contributed by atoms with Gasteiger partial charge in [-0.15, -0.1) is 0 Å². The van der Waals surface area contributed by atoms with Gasteiger partial charge in [-0.25, -0.2) is 10.2 Å². The lowest BCUT2D eigenvalue weighted by Crippen LogP contribution is -2.24. The van der Waals surface area contributed by atoms with Crippen molar-refractivity contribution in [1.29, 1.82) is 0 Å². The Morgan fingerprint density at radius 1 is 1.11 bits per heavy atom.